The molecule has 22 heavy (non-hydrogen) atoms. The van der Waals surface area contributed by atoms with Gasteiger partial charge in [-0.25, -0.2) is 0 Å². The van der Waals surface area contributed by atoms with Crippen molar-refractivity contribution in [3.05, 3.63) is 40.6 Å². The minimum atomic E-state index is -0.371. The topological polar surface area (TPSA) is 74.4 Å². The Kier molecular flexibility index (Phi) is 5.52. The SMILES string of the molecule is COC(=O)CCCCCCn1ccc2ccc([N+](=O)[O-])cc21. The van der Waals surface area contributed by atoms with Crippen LogP contribution in [0, 0.1) is 10.1 Å². The summed E-state index contributed by atoms with van der Waals surface area (Å²) < 4.78 is 6.64. The van der Waals surface area contributed by atoms with Gasteiger partial charge in [-0.15, -0.1) is 0 Å². The Labute approximate surface area is 128 Å². The number of non-ortho nitro benzene ring substituents is 1. The number of methoxy groups -OCH3 is 1. The third kappa shape index (κ3) is 4.07. The molecule has 2 rings (SSSR count). The number of nitrogens with zero attached hydrogens (tertiary/aromatic N) is 2. The van der Waals surface area contributed by atoms with Gasteiger partial charge in [0, 0.05) is 36.7 Å². The quantitative estimate of drug-likeness (QED) is 0.323. The van der Waals surface area contributed by atoms with Crippen LogP contribution in [0.2, 0.25) is 0 Å². The molecule has 6 nitrogen and oxygen atoms in total. The third-order valence-electron chi connectivity index (χ3n) is 3.73. The number of fused-ring (bicyclic) bond motifs is 1. The van der Waals surface area contributed by atoms with E-state index in [-0.39, 0.29) is 16.6 Å². The van der Waals surface area contributed by atoms with Crippen LogP contribution in [0.25, 0.3) is 10.9 Å². The fourth-order valence-corrected chi connectivity index (χ4v) is 2.49. The molecule has 0 radical (unpaired) electrons. The average Bonchev–Trinajstić information content (AvgIpc) is 2.92. The van der Waals surface area contributed by atoms with Crippen molar-refractivity contribution in [2.75, 3.05) is 7.11 Å². The molecule has 1 aromatic carbocycles. The molecule has 0 N–H and O–H groups in total. The summed E-state index contributed by atoms with van der Waals surface area (Å²) in [6, 6.07) is 6.89. The number of nitro benzene ring substituents is 1. The molecule has 0 amide bonds. The van der Waals surface area contributed by atoms with Gasteiger partial charge in [-0.2, -0.15) is 0 Å². The first kappa shape index (κ1) is 16.0. The van der Waals surface area contributed by atoms with Crippen LogP contribution in [0.5, 0.6) is 0 Å². The minimum Gasteiger partial charge on any atom is -0.469 e. The van der Waals surface area contributed by atoms with E-state index >= 15 is 0 Å². The Hall–Kier alpha value is -2.37. The van der Waals surface area contributed by atoms with E-state index in [1.54, 1.807) is 12.1 Å². The van der Waals surface area contributed by atoms with Crippen LogP contribution in [-0.4, -0.2) is 22.6 Å². The van der Waals surface area contributed by atoms with Crippen molar-refractivity contribution in [3.8, 4) is 0 Å². The van der Waals surface area contributed by atoms with Crippen LogP contribution >= 0.6 is 0 Å². The van der Waals surface area contributed by atoms with E-state index in [1.807, 2.05) is 16.8 Å². The van der Waals surface area contributed by atoms with Gasteiger partial charge < -0.3 is 9.30 Å². The van der Waals surface area contributed by atoms with Gasteiger partial charge in [-0.1, -0.05) is 12.8 Å². The van der Waals surface area contributed by atoms with Crippen LogP contribution in [0.4, 0.5) is 5.69 Å². The van der Waals surface area contributed by atoms with Crippen LogP contribution < -0.4 is 0 Å². The standard InChI is InChI=1S/C16H20N2O4/c1-22-16(19)6-4-2-3-5-10-17-11-9-13-7-8-14(18(20)21)12-15(13)17/h7-9,11-12H,2-6,10H2,1H3. The summed E-state index contributed by atoms with van der Waals surface area (Å²) in [5.74, 6) is -0.163. The van der Waals surface area contributed by atoms with Gasteiger partial charge in [-0.3, -0.25) is 14.9 Å². The van der Waals surface area contributed by atoms with E-state index in [9.17, 15) is 14.9 Å². The molecule has 0 aliphatic carbocycles. The summed E-state index contributed by atoms with van der Waals surface area (Å²) in [5, 5.41) is 11.9. The molecule has 0 unspecified atom stereocenters. The molecule has 6 heteroatoms. The predicted molar refractivity (Wildman–Crippen MR) is 83.7 cm³/mol. The van der Waals surface area contributed by atoms with E-state index in [0.29, 0.717) is 6.42 Å². The molecular formula is C16H20N2O4. The van der Waals surface area contributed by atoms with Crippen molar-refractivity contribution in [1.82, 2.24) is 4.57 Å². The monoisotopic (exact) mass is 304 g/mol. The molecule has 0 atom stereocenters. The first-order chi connectivity index (χ1) is 10.6. The maximum atomic E-state index is 11.0. The molecule has 0 fully saturated rings. The number of hydrogen-bond acceptors (Lipinski definition) is 4. The fourth-order valence-electron chi connectivity index (χ4n) is 2.49. The Morgan fingerprint density at radius 2 is 2.00 bits per heavy atom. The number of rotatable bonds is 8. The lowest BCUT2D eigenvalue weighted by Gasteiger charge is -2.05. The molecule has 0 aliphatic heterocycles. The van der Waals surface area contributed by atoms with Crippen molar-refractivity contribution in [2.45, 2.75) is 38.6 Å². The van der Waals surface area contributed by atoms with Crippen molar-refractivity contribution in [3.63, 3.8) is 0 Å². The van der Waals surface area contributed by atoms with Crippen LogP contribution in [0.3, 0.4) is 0 Å². The molecule has 0 bridgehead atoms. The van der Waals surface area contributed by atoms with E-state index in [4.69, 9.17) is 0 Å². The lowest BCUT2D eigenvalue weighted by Crippen LogP contribution is -2.00. The Bertz CT molecular complexity index is 663. The van der Waals surface area contributed by atoms with Crippen molar-refractivity contribution in [2.24, 2.45) is 0 Å². The van der Waals surface area contributed by atoms with Gasteiger partial charge in [0.1, 0.15) is 0 Å². The van der Waals surface area contributed by atoms with Crippen molar-refractivity contribution >= 4 is 22.6 Å². The molecule has 0 spiro atoms. The van der Waals surface area contributed by atoms with E-state index in [0.717, 1.165) is 43.1 Å². The molecule has 1 heterocycles. The van der Waals surface area contributed by atoms with Gasteiger partial charge >= 0.3 is 5.97 Å². The minimum absolute atomic E-state index is 0.116. The average molecular weight is 304 g/mol. The number of carbonyl (C=O) groups is 1. The van der Waals surface area contributed by atoms with Gasteiger partial charge in [0.2, 0.25) is 0 Å². The van der Waals surface area contributed by atoms with Gasteiger partial charge in [0.15, 0.2) is 0 Å². The van der Waals surface area contributed by atoms with Crippen LogP contribution in [-0.2, 0) is 16.1 Å². The second-order valence-corrected chi connectivity index (χ2v) is 5.25. The Balaban J connectivity index is 1.85. The zero-order valence-electron chi connectivity index (χ0n) is 12.7. The fraction of sp³-hybridized carbons (Fsp3) is 0.438. The number of unbranched alkanes of at least 4 members (excludes halogenated alkanes) is 3. The molecule has 2 aromatic rings. The molecule has 0 saturated heterocycles. The van der Waals surface area contributed by atoms with E-state index in [1.165, 1.54) is 13.2 Å². The highest BCUT2D eigenvalue weighted by atomic mass is 16.6. The number of hydrogen-bond donors (Lipinski definition) is 0. The first-order valence-electron chi connectivity index (χ1n) is 7.42. The summed E-state index contributed by atoms with van der Waals surface area (Å²) >= 11 is 0. The van der Waals surface area contributed by atoms with Gasteiger partial charge in [0.05, 0.1) is 17.5 Å². The van der Waals surface area contributed by atoms with Gasteiger partial charge in [0.25, 0.3) is 5.69 Å². The second kappa shape index (κ2) is 7.59. The van der Waals surface area contributed by atoms with Crippen LogP contribution in [0.15, 0.2) is 30.5 Å². The zero-order valence-corrected chi connectivity index (χ0v) is 12.7. The summed E-state index contributed by atoms with van der Waals surface area (Å²) in [5.41, 5.74) is 1.01. The number of carbonyl (C=O) groups excluding carboxylic acids is 1. The Morgan fingerprint density at radius 3 is 2.73 bits per heavy atom. The molecule has 0 saturated carbocycles. The number of benzene rings is 1. The lowest BCUT2D eigenvalue weighted by atomic mass is 10.1. The number of esters is 1. The van der Waals surface area contributed by atoms with E-state index in [2.05, 4.69) is 4.74 Å². The maximum Gasteiger partial charge on any atom is 0.305 e. The normalized spacial score (nSPS) is 10.8. The van der Waals surface area contributed by atoms with E-state index < -0.39 is 0 Å². The Morgan fingerprint density at radius 1 is 1.23 bits per heavy atom. The molecule has 1 aromatic heterocycles. The highest BCUT2D eigenvalue weighted by molar-refractivity contribution is 5.82. The van der Waals surface area contributed by atoms with Crippen molar-refractivity contribution in [1.29, 1.82) is 0 Å². The zero-order chi connectivity index (χ0) is 15.9. The third-order valence-corrected chi connectivity index (χ3v) is 3.73. The highest BCUT2D eigenvalue weighted by Crippen LogP contribution is 2.22. The number of aromatic nitrogens is 1. The molecular weight excluding hydrogens is 284 g/mol. The first-order valence-corrected chi connectivity index (χ1v) is 7.42. The van der Waals surface area contributed by atoms with Crippen LogP contribution in [0.1, 0.15) is 32.1 Å². The lowest BCUT2D eigenvalue weighted by molar-refractivity contribution is -0.384. The molecule has 0 aliphatic rings. The predicted octanol–water partition coefficient (Wildman–Crippen LogP) is 3.67. The van der Waals surface area contributed by atoms with Gasteiger partial charge in [-0.05, 0) is 25.0 Å². The highest BCUT2D eigenvalue weighted by Gasteiger charge is 2.09. The summed E-state index contributed by atoms with van der Waals surface area (Å²) in [6.07, 6.45) is 6.25. The smallest absolute Gasteiger partial charge is 0.305 e. The summed E-state index contributed by atoms with van der Waals surface area (Å²) in [4.78, 5) is 21.5. The number of ether oxygens (including phenoxy) is 1. The maximum absolute atomic E-state index is 11.0. The molecule has 118 valence electrons. The summed E-state index contributed by atoms with van der Waals surface area (Å²) in [7, 11) is 1.40. The largest absolute Gasteiger partial charge is 0.469 e. The summed E-state index contributed by atoms with van der Waals surface area (Å²) in [6.45, 7) is 0.822. The number of nitro groups is 1. The van der Waals surface area contributed by atoms with Crippen molar-refractivity contribution < 1.29 is 14.5 Å². The second-order valence-electron chi connectivity index (χ2n) is 5.25. The number of aryl methyl sites for hydroxylation is 1.